The van der Waals surface area contributed by atoms with E-state index in [9.17, 15) is 4.79 Å². The molecule has 1 aromatic rings. The van der Waals surface area contributed by atoms with Crippen molar-refractivity contribution in [1.29, 1.82) is 0 Å². The Morgan fingerprint density at radius 2 is 2.00 bits per heavy atom. The average molecular weight is 388 g/mol. The predicted molar refractivity (Wildman–Crippen MR) is 110 cm³/mol. The number of carbonyl (C=O) groups excluding carboxylic acids is 1. The number of hydrogen-bond acceptors (Lipinski definition) is 6. The first-order chi connectivity index (χ1) is 13.5. The molecule has 2 saturated heterocycles. The van der Waals surface area contributed by atoms with Gasteiger partial charge in [0.25, 0.3) is 0 Å². The topological polar surface area (TPSA) is 45.2 Å². The first-order valence-electron chi connectivity index (χ1n) is 10.5. The Balaban J connectivity index is 1.66. The summed E-state index contributed by atoms with van der Waals surface area (Å²) in [5.74, 6) is -0.231. The summed E-state index contributed by atoms with van der Waals surface area (Å²) in [5.41, 5.74) is 3.07. The third-order valence-corrected chi connectivity index (χ3v) is 6.54. The molecule has 3 aliphatic rings. The van der Waals surface area contributed by atoms with Crippen LogP contribution in [0.15, 0.2) is 18.2 Å². The van der Waals surface area contributed by atoms with E-state index in [1.54, 1.807) is 0 Å². The number of nitrogens with zero attached hydrogens (tertiary/aromatic N) is 3. The van der Waals surface area contributed by atoms with Crippen molar-refractivity contribution < 1.29 is 14.3 Å². The van der Waals surface area contributed by atoms with Gasteiger partial charge in [-0.2, -0.15) is 0 Å². The number of rotatable bonds is 6. The van der Waals surface area contributed by atoms with E-state index >= 15 is 0 Å². The molecule has 0 N–H and O–H groups in total. The van der Waals surface area contributed by atoms with Gasteiger partial charge in [0.05, 0.1) is 31.6 Å². The summed E-state index contributed by atoms with van der Waals surface area (Å²) in [4.78, 5) is 19.9. The molecule has 0 spiro atoms. The molecule has 1 atom stereocenters. The minimum atomic E-state index is -0.231. The number of esters is 1. The van der Waals surface area contributed by atoms with Crippen molar-refractivity contribution in [2.24, 2.45) is 0 Å². The molecule has 4 rings (SSSR count). The smallest absolute Gasteiger partial charge is 0.339 e. The second-order valence-corrected chi connectivity index (χ2v) is 8.61. The van der Waals surface area contributed by atoms with E-state index in [4.69, 9.17) is 9.47 Å². The number of methoxy groups -OCH3 is 1. The molecule has 1 aromatic carbocycles. The fourth-order valence-electron chi connectivity index (χ4n) is 5.01. The van der Waals surface area contributed by atoms with Crippen LogP contribution in [0.25, 0.3) is 0 Å². The van der Waals surface area contributed by atoms with Crippen LogP contribution in [-0.4, -0.2) is 82.4 Å². The van der Waals surface area contributed by atoms with Crippen LogP contribution in [-0.2, 0) is 15.0 Å². The largest absolute Gasteiger partial charge is 0.465 e. The molecule has 1 unspecified atom stereocenters. The van der Waals surface area contributed by atoms with Gasteiger partial charge < -0.3 is 19.3 Å². The fourth-order valence-corrected chi connectivity index (χ4v) is 5.01. The molecule has 0 amide bonds. The molecule has 0 bridgehead atoms. The molecule has 1 aliphatic carbocycles. The Labute approximate surface area is 168 Å². The normalized spacial score (nSPS) is 24.6. The average Bonchev–Trinajstić information content (AvgIpc) is 3.41. The summed E-state index contributed by atoms with van der Waals surface area (Å²) in [6.07, 6.45) is 4.64. The van der Waals surface area contributed by atoms with Crippen LogP contribution in [0.3, 0.4) is 0 Å². The molecule has 1 saturated carbocycles. The highest BCUT2D eigenvalue weighted by atomic mass is 16.5. The summed E-state index contributed by atoms with van der Waals surface area (Å²) in [7, 11) is 5.70. The molecular weight excluding hydrogens is 354 g/mol. The van der Waals surface area contributed by atoms with Gasteiger partial charge in [0.2, 0.25) is 0 Å². The minimum Gasteiger partial charge on any atom is -0.465 e. The number of benzene rings is 1. The molecule has 28 heavy (non-hydrogen) atoms. The third-order valence-electron chi connectivity index (χ3n) is 6.54. The lowest BCUT2D eigenvalue weighted by Gasteiger charge is -2.36. The van der Waals surface area contributed by atoms with Gasteiger partial charge in [-0.05, 0) is 57.5 Å². The van der Waals surface area contributed by atoms with Crippen LogP contribution in [0.1, 0.15) is 41.6 Å². The summed E-state index contributed by atoms with van der Waals surface area (Å²) in [6.45, 7) is 5.52. The van der Waals surface area contributed by atoms with Crippen molar-refractivity contribution >= 4 is 11.7 Å². The van der Waals surface area contributed by atoms with Gasteiger partial charge in [-0.25, -0.2) is 4.79 Å². The van der Waals surface area contributed by atoms with Gasteiger partial charge in [-0.15, -0.1) is 0 Å². The summed E-state index contributed by atoms with van der Waals surface area (Å²) in [5, 5.41) is 0. The van der Waals surface area contributed by atoms with Crippen molar-refractivity contribution in [2.45, 2.75) is 37.3 Å². The number of morpholine rings is 1. The standard InChI is InChI=1S/C22H33N3O3/c1-23(2)16-18-5-4-10-25(18)20-7-6-17(15-19(20)21(26)27-3)22(8-9-22)24-11-13-28-14-12-24/h6-7,15,18H,4-5,8-14,16H2,1-3H3. The van der Waals surface area contributed by atoms with E-state index in [-0.39, 0.29) is 11.5 Å². The zero-order chi connectivity index (χ0) is 19.7. The van der Waals surface area contributed by atoms with E-state index in [0.29, 0.717) is 11.6 Å². The predicted octanol–water partition coefficient (Wildman–Crippen LogP) is 2.32. The van der Waals surface area contributed by atoms with E-state index < -0.39 is 0 Å². The zero-order valence-electron chi connectivity index (χ0n) is 17.4. The molecular formula is C22H33N3O3. The first kappa shape index (κ1) is 19.7. The highest BCUT2D eigenvalue weighted by Gasteiger charge is 2.50. The molecule has 6 nitrogen and oxygen atoms in total. The molecule has 3 fully saturated rings. The number of hydrogen-bond donors (Lipinski definition) is 0. The molecule has 0 aromatic heterocycles. The van der Waals surface area contributed by atoms with E-state index in [1.165, 1.54) is 19.1 Å². The van der Waals surface area contributed by atoms with E-state index in [0.717, 1.165) is 64.3 Å². The van der Waals surface area contributed by atoms with Crippen molar-refractivity contribution in [3.8, 4) is 0 Å². The molecule has 2 aliphatic heterocycles. The minimum absolute atomic E-state index is 0.0825. The summed E-state index contributed by atoms with van der Waals surface area (Å²) < 4.78 is 10.7. The Kier molecular flexibility index (Phi) is 5.63. The first-order valence-corrected chi connectivity index (χ1v) is 10.5. The van der Waals surface area contributed by atoms with Crippen molar-refractivity contribution in [3.63, 3.8) is 0 Å². The van der Waals surface area contributed by atoms with Crippen LogP contribution in [0.2, 0.25) is 0 Å². The van der Waals surface area contributed by atoms with Crippen molar-refractivity contribution in [1.82, 2.24) is 9.80 Å². The molecule has 2 heterocycles. The van der Waals surface area contributed by atoms with Crippen LogP contribution < -0.4 is 4.90 Å². The fraction of sp³-hybridized carbons (Fsp3) is 0.682. The SMILES string of the molecule is COC(=O)c1cc(C2(N3CCOCC3)CC2)ccc1N1CCCC1CN(C)C. The number of likely N-dealkylation sites (N-methyl/N-ethyl adjacent to an activating group) is 1. The number of carbonyl (C=O) groups is 1. The molecule has 154 valence electrons. The molecule has 6 heteroatoms. The van der Waals surface area contributed by atoms with Crippen LogP contribution >= 0.6 is 0 Å². The zero-order valence-corrected chi connectivity index (χ0v) is 17.4. The van der Waals surface area contributed by atoms with Crippen LogP contribution in [0.4, 0.5) is 5.69 Å². The van der Waals surface area contributed by atoms with Crippen LogP contribution in [0.5, 0.6) is 0 Å². The maximum atomic E-state index is 12.7. The summed E-state index contributed by atoms with van der Waals surface area (Å²) >= 11 is 0. The van der Waals surface area contributed by atoms with E-state index in [1.807, 2.05) is 0 Å². The lowest BCUT2D eigenvalue weighted by Crippen LogP contribution is -2.43. The Bertz CT molecular complexity index is 711. The van der Waals surface area contributed by atoms with Gasteiger partial charge in [-0.1, -0.05) is 6.07 Å². The van der Waals surface area contributed by atoms with Gasteiger partial charge in [0.1, 0.15) is 0 Å². The Morgan fingerprint density at radius 3 is 2.64 bits per heavy atom. The van der Waals surface area contributed by atoms with Gasteiger partial charge in [0, 0.05) is 37.8 Å². The third kappa shape index (κ3) is 3.65. The highest BCUT2D eigenvalue weighted by Crippen LogP contribution is 2.52. The number of anilines is 1. The van der Waals surface area contributed by atoms with E-state index in [2.05, 4.69) is 47.0 Å². The second kappa shape index (κ2) is 8.01. The van der Waals surface area contributed by atoms with Crippen molar-refractivity contribution in [3.05, 3.63) is 29.3 Å². The maximum Gasteiger partial charge on any atom is 0.339 e. The number of ether oxygens (including phenoxy) is 2. The summed E-state index contributed by atoms with van der Waals surface area (Å²) in [6, 6.07) is 6.96. The molecule has 0 radical (unpaired) electrons. The van der Waals surface area contributed by atoms with Gasteiger partial charge >= 0.3 is 5.97 Å². The highest BCUT2D eigenvalue weighted by molar-refractivity contribution is 5.96. The lowest BCUT2D eigenvalue weighted by molar-refractivity contribution is 0.00831. The monoisotopic (exact) mass is 387 g/mol. The second-order valence-electron chi connectivity index (χ2n) is 8.61. The van der Waals surface area contributed by atoms with Crippen molar-refractivity contribution in [2.75, 3.05) is 65.5 Å². The lowest BCUT2D eigenvalue weighted by atomic mass is 9.98. The Morgan fingerprint density at radius 1 is 1.25 bits per heavy atom. The van der Waals surface area contributed by atoms with Gasteiger partial charge in [-0.3, -0.25) is 4.90 Å². The maximum absolute atomic E-state index is 12.7. The Hall–Kier alpha value is -1.63. The van der Waals surface area contributed by atoms with Crippen LogP contribution in [0, 0.1) is 0 Å². The quantitative estimate of drug-likeness (QED) is 0.698. The van der Waals surface area contributed by atoms with Gasteiger partial charge in [0.15, 0.2) is 0 Å².